The first kappa shape index (κ1) is 12.5. The predicted molar refractivity (Wildman–Crippen MR) is 79.5 cm³/mol. The van der Waals surface area contributed by atoms with Gasteiger partial charge in [0.15, 0.2) is 17.6 Å². The lowest BCUT2D eigenvalue weighted by Crippen LogP contribution is -2.36. The highest BCUT2D eigenvalue weighted by molar-refractivity contribution is 5.71. The first-order chi connectivity index (χ1) is 9.88. The van der Waals surface area contributed by atoms with E-state index in [1.807, 2.05) is 48.5 Å². The fourth-order valence-corrected chi connectivity index (χ4v) is 2.30. The van der Waals surface area contributed by atoms with Crippen molar-refractivity contribution >= 4 is 11.0 Å². The number of para-hydroxylation sites is 3. The number of allylic oxidation sites excluding steroid dienone is 1. The van der Waals surface area contributed by atoms with Crippen LogP contribution in [0.4, 0.5) is 0 Å². The van der Waals surface area contributed by atoms with Gasteiger partial charge < -0.3 is 4.74 Å². The molecule has 100 valence electrons. The van der Waals surface area contributed by atoms with Crippen molar-refractivity contribution in [2.45, 2.75) is 13.2 Å². The smallest absolute Gasteiger partial charge is 0.294 e. The van der Waals surface area contributed by atoms with Gasteiger partial charge >= 0.3 is 0 Å². The summed E-state index contributed by atoms with van der Waals surface area (Å²) in [7, 11) is 0. The molecule has 0 spiro atoms. The summed E-state index contributed by atoms with van der Waals surface area (Å²) in [5, 5.41) is 0. The lowest BCUT2D eigenvalue weighted by molar-refractivity contribution is -0.670. The molecule has 0 fully saturated rings. The fourth-order valence-electron chi connectivity index (χ4n) is 2.30. The number of hydrogen-bond acceptors (Lipinski definition) is 1. The molecule has 1 N–H and O–H groups in total. The standard InChI is InChI=1S/C17H16N2O/c1-2-12-19-16-11-7-6-10-15(16)18-17(19)13-20-14-8-4-3-5-9-14/h2-11H,1,12-13H2/p+1. The molecule has 0 atom stereocenters. The van der Waals surface area contributed by atoms with Crippen molar-refractivity contribution in [1.82, 2.24) is 4.98 Å². The monoisotopic (exact) mass is 265 g/mol. The molecule has 1 aromatic heterocycles. The number of benzene rings is 2. The minimum Gasteiger partial charge on any atom is -0.481 e. The second kappa shape index (κ2) is 5.61. The summed E-state index contributed by atoms with van der Waals surface area (Å²) in [4.78, 5) is 3.41. The van der Waals surface area contributed by atoms with E-state index >= 15 is 0 Å². The topological polar surface area (TPSA) is 28.9 Å². The van der Waals surface area contributed by atoms with Crippen LogP contribution in [-0.2, 0) is 13.2 Å². The van der Waals surface area contributed by atoms with Crippen LogP contribution < -0.4 is 9.30 Å². The molecule has 3 heteroatoms. The molecule has 0 amide bonds. The van der Waals surface area contributed by atoms with Gasteiger partial charge in [-0.25, -0.2) is 9.55 Å². The number of rotatable bonds is 5. The van der Waals surface area contributed by atoms with Gasteiger partial charge in [0.25, 0.3) is 5.82 Å². The molecular formula is C17H17N2O+. The maximum Gasteiger partial charge on any atom is 0.294 e. The largest absolute Gasteiger partial charge is 0.481 e. The van der Waals surface area contributed by atoms with Gasteiger partial charge in [-0.2, -0.15) is 0 Å². The number of nitrogens with zero attached hydrogens (tertiary/aromatic N) is 1. The summed E-state index contributed by atoms with van der Waals surface area (Å²) in [6, 6.07) is 18.1. The van der Waals surface area contributed by atoms with E-state index in [4.69, 9.17) is 4.74 Å². The lowest BCUT2D eigenvalue weighted by atomic mass is 10.3. The molecule has 20 heavy (non-hydrogen) atoms. The zero-order chi connectivity index (χ0) is 13.8. The van der Waals surface area contributed by atoms with Crippen molar-refractivity contribution in [2.24, 2.45) is 0 Å². The van der Waals surface area contributed by atoms with Crippen molar-refractivity contribution in [3.63, 3.8) is 0 Å². The van der Waals surface area contributed by atoms with Gasteiger partial charge in [-0.05, 0) is 24.3 Å². The third-order valence-electron chi connectivity index (χ3n) is 3.23. The quantitative estimate of drug-likeness (QED) is 0.557. The van der Waals surface area contributed by atoms with E-state index in [1.54, 1.807) is 0 Å². The Bertz CT molecular complexity index is 716. The van der Waals surface area contributed by atoms with E-state index < -0.39 is 0 Å². The Morgan fingerprint density at radius 1 is 1.05 bits per heavy atom. The third kappa shape index (κ3) is 2.43. The molecule has 2 aromatic carbocycles. The Kier molecular flexibility index (Phi) is 3.50. The number of fused-ring (bicyclic) bond motifs is 1. The SMILES string of the molecule is C=CC[n+]1c(COc2ccccc2)[nH]c2ccccc21. The summed E-state index contributed by atoms with van der Waals surface area (Å²) < 4.78 is 8.01. The second-order valence-electron chi connectivity index (χ2n) is 4.59. The fraction of sp³-hybridized carbons (Fsp3) is 0.118. The summed E-state index contributed by atoms with van der Waals surface area (Å²) in [5.74, 6) is 1.91. The molecule has 0 bridgehead atoms. The third-order valence-corrected chi connectivity index (χ3v) is 3.23. The van der Waals surface area contributed by atoms with E-state index in [2.05, 4.69) is 28.3 Å². The highest BCUT2D eigenvalue weighted by Gasteiger charge is 2.17. The molecule has 0 aliphatic rings. The van der Waals surface area contributed by atoms with Gasteiger partial charge in [0.1, 0.15) is 12.3 Å². The van der Waals surface area contributed by atoms with E-state index in [1.165, 1.54) is 5.52 Å². The Morgan fingerprint density at radius 2 is 1.80 bits per heavy atom. The molecule has 0 saturated carbocycles. The molecule has 0 aliphatic heterocycles. The molecule has 3 aromatic rings. The average Bonchev–Trinajstić information content (AvgIpc) is 2.85. The van der Waals surface area contributed by atoms with Crippen LogP contribution in [0.25, 0.3) is 11.0 Å². The highest BCUT2D eigenvalue weighted by Crippen LogP contribution is 2.13. The normalized spacial score (nSPS) is 10.6. The minimum atomic E-state index is 0.506. The molecule has 3 rings (SSSR count). The van der Waals surface area contributed by atoms with Crippen molar-refractivity contribution in [3.8, 4) is 5.75 Å². The number of aromatic amines is 1. The Balaban J connectivity index is 1.90. The van der Waals surface area contributed by atoms with Gasteiger partial charge in [0.2, 0.25) is 0 Å². The number of aromatic nitrogens is 2. The summed E-state index contributed by atoms with van der Waals surface area (Å²) in [5.41, 5.74) is 2.28. The van der Waals surface area contributed by atoms with Crippen LogP contribution in [0.15, 0.2) is 67.3 Å². The Hall–Kier alpha value is -2.55. The van der Waals surface area contributed by atoms with E-state index in [0.29, 0.717) is 6.61 Å². The van der Waals surface area contributed by atoms with Crippen LogP contribution in [-0.4, -0.2) is 4.98 Å². The van der Waals surface area contributed by atoms with Gasteiger partial charge in [-0.3, -0.25) is 0 Å². The van der Waals surface area contributed by atoms with Crippen molar-refractivity contribution in [1.29, 1.82) is 0 Å². The van der Waals surface area contributed by atoms with Crippen molar-refractivity contribution in [3.05, 3.63) is 73.1 Å². The summed E-state index contributed by atoms with van der Waals surface area (Å²) in [6.07, 6.45) is 1.90. The number of imidazole rings is 1. The number of hydrogen-bond donors (Lipinski definition) is 1. The highest BCUT2D eigenvalue weighted by atomic mass is 16.5. The predicted octanol–water partition coefficient (Wildman–Crippen LogP) is 3.22. The van der Waals surface area contributed by atoms with Crippen LogP contribution in [0.3, 0.4) is 0 Å². The summed E-state index contributed by atoms with van der Waals surface area (Å²) >= 11 is 0. The molecule has 0 saturated heterocycles. The maximum atomic E-state index is 5.82. The van der Waals surface area contributed by atoms with E-state index in [9.17, 15) is 0 Å². The Labute approximate surface area is 118 Å². The van der Waals surface area contributed by atoms with E-state index in [-0.39, 0.29) is 0 Å². The van der Waals surface area contributed by atoms with Crippen LogP contribution >= 0.6 is 0 Å². The van der Waals surface area contributed by atoms with E-state index in [0.717, 1.165) is 23.6 Å². The van der Waals surface area contributed by atoms with Crippen molar-refractivity contribution in [2.75, 3.05) is 0 Å². The molecule has 0 aliphatic carbocycles. The number of ether oxygens (including phenoxy) is 1. The van der Waals surface area contributed by atoms with Crippen LogP contribution in [0.2, 0.25) is 0 Å². The van der Waals surface area contributed by atoms with Crippen LogP contribution in [0, 0.1) is 0 Å². The second-order valence-corrected chi connectivity index (χ2v) is 4.59. The average molecular weight is 265 g/mol. The zero-order valence-corrected chi connectivity index (χ0v) is 11.3. The maximum absolute atomic E-state index is 5.82. The first-order valence-electron chi connectivity index (χ1n) is 6.66. The van der Waals surface area contributed by atoms with Gasteiger partial charge in [-0.1, -0.05) is 43.0 Å². The first-order valence-corrected chi connectivity index (χ1v) is 6.66. The molecule has 1 heterocycles. The number of nitrogens with one attached hydrogen (secondary N) is 1. The van der Waals surface area contributed by atoms with Gasteiger partial charge in [0, 0.05) is 0 Å². The zero-order valence-electron chi connectivity index (χ0n) is 11.3. The molecule has 0 unspecified atom stereocenters. The minimum absolute atomic E-state index is 0.506. The lowest BCUT2D eigenvalue weighted by Gasteiger charge is -2.03. The van der Waals surface area contributed by atoms with Crippen molar-refractivity contribution < 1.29 is 9.30 Å². The van der Waals surface area contributed by atoms with Crippen LogP contribution in [0.5, 0.6) is 5.75 Å². The Morgan fingerprint density at radius 3 is 2.60 bits per heavy atom. The number of H-pyrrole nitrogens is 1. The summed E-state index contributed by atoms with van der Waals surface area (Å²) in [6.45, 7) is 5.09. The van der Waals surface area contributed by atoms with Crippen LogP contribution in [0.1, 0.15) is 5.82 Å². The molecule has 3 nitrogen and oxygen atoms in total. The molecular weight excluding hydrogens is 248 g/mol. The van der Waals surface area contributed by atoms with Gasteiger partial charge in [-0.15, -0.1) is 0 Å². The van der Waals surface area contributed by atoms with Gasteiger partial charge in [0.05, 0.1) is 0 Å². The molecule has 0 radical (unpaired) electrons.